The highest BCUT2D eigenvalue weighted by atomic mass is 16.5. The van der Waals surface area contributed by atoms with Gasteiger partial charge < -0.3 is 14.6 Å². The summed E-state index contributed by atoms with van der Waals surface area (Å²) in [5, 5.41) is 2.84. The van der Waals surface area contributed by atoms with Crippen molar-refractivity contribution in [3.8, 4) is 0 Å². The number of amides is 1. The Labute approximate surface area is 137 Å². The molecule has 0 aliphatic rings. The third-order valence-corrected chi connectivity index (χ3v) is 3.72. The van der Waals surface area contributed by atoms with E-state index in [1.807, 2.05) is 24.3 Å². The van der Waals surface area contributed by atoms with Gasteiger partial charge in [0.25, 0.3) is 0 Å². The number of rotatable bonds is 10. The molecule has 2 rings (SSSR count). The second-order valence-electron chi connectivity index (χ2n) is 5.51. The minimum atomic E-state index is -0.0553. The summed E-state index contributed by atoms with van der Waals surface area (Å²) in [6.07, 6.45) is 5.93. The molecule has 0 atom stereocenters. The summed E-state index contributed by atoms with van der Waals surface area (Å²) >= 11 is 0. The van der Waals surface area contributed by atoms with Gasteiger partial charge in [-0.3, -0.25) is 4.79 Å². The predicted octanol–water partition coefficient (Wildman–Crippen LogP) is 2.70. The van der Waals surface area contributed by atoms with Crippen molar-refractivity contribution in [1.82, 2.24) is 14.9 Å². The van der Waals surface area contributed by atoms with Gasteiger partial charge in [0.2, 0.25) is 5.91 Å². The number of hydrogen-bond donors (Lipinski definition) is 1. The summed E-state index contributed by atoms with van der Waals surface area (Å²) in [6.45, 7) is 5.45. The van der Waals surface area contributed by atoms with Crippen molar-refractivity contribution < 1.29 is 9.53 Å². The lowest BCUT2D eigenvalue weighted by Crippen LogP contribution is -2.27. The van der Waals surface area contributed by atoms with E-state index < -0.39 is 0 Å². The number of imidazole rings is 1. The number of allylic oxidation sites excluding steroid dienone is 1. The molecule has 0 fully saturated rings. The van der Waals surface area contributed by atoms with Crippen molar-refractivity contribution in [3.63, 3.8) is 0 Å². The van der Waals surface area contributed by atoms with Gasteiger partial charge in [-0.05, 0) is 25.0 Å². The van der Waals surface area contributed by atoms with Crippen molar-refractivity contribution in [2.24, 2.45) is 0 Å². The van der Waals surface area contributed by atoms with Gasteiger partial charge in [0.05, 0.1) is 11.0 Å². The van der Waals surface area contributed by atoms with Crippen molar-refractivity contribution >= 4 is 16.9 Å². The Bertz CT molecular complexity index is 649. The molecule has 1 heterocycles. The summed E-state index contributed by atoms with van der Waals surface area (Å²) < 4.78 is 7.00. The molecule has 0 spiro atoms. The van der Waals surface area contributed by atoms with Gasteiger partial charge in [-0.1, -0.05) is 24.6 Å². The Balaban J connectivity index is 1.81. The average molecular weight is 315 g/mol. The van der Waals surface area contributed by atoms with Crippen LogP contribution in [0.4, 0.5) is 0 Å². The molecule has 2 aromatic rings. The third kappa shape index (κ3) is 4.93. The van der Waals surface area contributed by atoms with Crippen molar-refractivity contribution in [2.75, 3.05) is 20.3 Å². The average Bonchev–Trinajstić information content (AvgIpc) is 2.89. The molecule has 5 heteroatoms. The minimum Gasteiger partial charge on any atom is -0.375 e. The molecule has 0 aliphatic carbocycles. The van der Waals surface area contributed by atoms with Crippen LogP contribution in [0.5, 0.6) is 0 Å². The van der Waals surface area contributed by atoms with Gasteiger partial charge in [-0.2, -0.15) is 0 Å². The highest BCUT2D eigenvalue weighted by Crippen LogP contribution is 2.17. The summed E-state index contributed by atoms with van der Waals surface area (Å²) in [7, 11) is 1.52. The Hall–Kier alpha value is -2.14. The highest BCUT2D eigenvalue weighted by Gasteiger charge is 2.08. The number of unbranched alkanes of at least 4 members (excludes halogenated alkanes) is 2. The van der Waals surface area contributed by atoms with Crippen LogP contribution in [0.3, 0.4) is 0 Å². The van der Waals surface area contributed by atoms with E-state index in [0.717, 1.165) is 49.1 Å². The Kier molecular flexibility index (Phi) is 6.81. The fourth-order valence-corrected chi connectivity index (χ4v) is 2.64. The summed E-state index contributed by atoms with van der Waals surface area (Å²) in [5.41, 5.74) is 2.20. The van der Waals surface area contributed by atoms with E-state index >= 15 is 0 Å². The minimum absolute atomic E-state index is 0.0553. The zero-order chi connectivity index (χ0) is 16.5. The lowest BCUT2D eigenvalue weighted by molar-refractivity contribution is -0.124. The SMILES string of the molecule is C=CCn1c(CCCCCNC(=O)COC)nc2ccccc21. The smallest absolute Gasteiger partial charge is 0.245 e. The number of nitrogens with zero attached hydrogens (tertiary/aromatic N) is 2. The first-order valence-electron chi connectivity index (χ1n) is 8.07. The van der Waals surface area contributed by atoms with Gasteiger partial charge >= 0.3 is 0 Å². The maximum atomic E-state index is 11.3. The van der Waals surface area contributed by atoms with Crippen LogP contribution < -0.4 is 5.32 Å². The van der Waals surface area contributed by atoms with E-state index in [4.69, 9.17) is 9.72 Å². The lowest BCUT2D eigenvalue weighted by atomic mass is 10.2. The van der Waals surface area contributed by atoms with Gasteiger partial charge in [0, 0.05) is 26.6 Å². The van der Waals surface area contributed by atoms with E-state index in [2.05, 4.69) is 22.5 Å². The number of carbonyl (C=O) groups is 1. The monoisotopic (exact) mass is 315 g/mol. The van der Waals surface area contributed by atoms with E-state index in [1.165, 1.54) is 7.11 Å². The van der Waals surface area contributed by atoms with Gasteiger partial charge in [-0.15, -0.1) is 6.58 Å². The summed E-state index contributed by atoms with van der Waals surface area (Å²) in [6, 6.07) is 8.19. The molecule has 1 amide bonds. The number of nitrogens with one attached hydrogen (secondary N) is 1. The van der Waals surface area contributed by atoms with E-state index in [9.17, 15) is 4.79 Å². The highest BCUT2D eigenvalue weighted by molar-refractivity contribution is 5.77. The molecule has 0 aliphatic heterocycles. The number of aryl methyl sites for hydroxylation is 1. The number of para-hydroxylation sites is 2. The Morgan fingerprint density at radius 2 is 2.17 bits per heavy atom. The van der Waals surface area contributed by atoms with Crippen LogP contribution in [0.2, 0.25) is 0 Å². The molecule has 0 saturated carbocycles. The van der Waals surface area contributed by atoms with Crippen molar-refractivity contribution in [2.45, 2.75) is 32.2 Å². The van der Waals surface area contributed by atoms with E-state index in [1.54, 1.807) is 0 Å². The summed E-state index contributed by atoms with van der Waals surface area (Å²) in [5.74, 6) is 1.05. The second-order valence-corrected chi connectivity index (χ2v) is 5.51. The molecule has 23 heavy (non-hydrogen) atoms. The number of fused-ring (bicyclic) bond motifs is 1. The van der Waals surface area contributed by atoms with Crippen LogP contribution in [0.1, 0.15) is 25.1 Å². The van der Waals surface area contributed by atoms with Crippen molar-refractivity contribution in [3.05, 3.63) is 42.7 Å². The molecule has 0 saturated heterocycles. The number of aromatic nitrogens is 2. The van der Waals surface area contributed by atoms with Gasteiger partial charge in [-0.25, -0.2) is 4.98 Å². The van der Waals surface area contributed by atoms with E-state index in [-0.39, 0.29) is 12.5 Å². The standard InChI is InChI=1S/C18H25N3O2/c1-3-13-21-16-10-7-6-9-15(16)20-17(21)11-5-4-8-12-19-18(22)14-23-2/h3,6-7,9-10H,1,4-5,8,11-14H2,2H3,(H,19,22). The first-order valence-corrected chi connectivity index (χ1v) is 8.07. The van der Waals surface area contributed by atoms with Crippen LogP contribution in [0.15, 0.2) is 36.9 Å². The normalized spacial score (nSPS) is 10.8. The Morgan fingerprint density at radius 1 is 1.35 bits per heavy atom. The first-order chi connectivity index (χ1) is 11.3. The van der Waals surface area contributed by atoms with Crippen LogP contribution in [0, 0.1) is 0 Å². The molecule has 1 aromatic heterocycles. The maximum absolute atomic E-state index is 11.3. The van der Waals surface area contributed by atoms with Gasteiger partial charge in [0.1, 0.15) is 12.4 Å². The summed E-state index contributed by atoms with van der Waals surface area (Å²) in [4.78, 5) is 16.0. The number of benzene rings is 1. The molecule has 0 bridgehead atoms. The third-order valence-electron chi connectivity index (χ3n) is 3.72. The predicted molar refractivity (Wildman–Crippen MR) is 92.4 cm³/mol. The fraction of sp³-hybridized carbons (Fsp3) is 0.444. The molecule has 124 valence electrons. The first kappa shape index (κ1) is 17.2. The van der Waals surface area contributed by atoms with Crippen LogP contribution >= 0.6 is 0 Å². The molecule has 0 radical (unpaired) electrons. The maximum Gasteiger partial charge on any atom is 0.245 e. The number of methoxy groups -OCH3 is 1. The molecule has 0 unspecified atom stereocenters. The van der Waals surface area contributed by atoms with Crippen molar-refractivity contribution in [1.29, 1.82) is 0 Å². The molecule has 1 N–H and O–H groups in total. The molecular weight excluding hydrogens is 290 g/mol. The number of hydrogen-bond acceptors (Lipinski definition) is 3. The molecule has 5 nitrogen and oxygen atoms in total. The van der Waals surface area contributed by atoms with Crippen LogP contribution in [0.25, 0.3) is 11.0 Å². The van der Waals surface area contributed by atoms with Crippen LogP contribution in [-0.2, 0) is 22.5 Å². The van der Waals surface area contributed by atoms with Gasteiger partial charge in [0.15, 0.2) is 0 Å². The lowest BCUT2D eigenvalue weighted by Gasteiger charge is -2.07. The number of ether oxygens (including phenoxy) is 1. The molecule has 1 aromatic carbocycles. The topological polar surface area (TPSA) is 56.2 Å². The fourth-order valence-electron chi connectivity index (χ4n) is 2.64. The van der Waals surface area contributed by atoms with Crippen LogP contribution in [-0.4, -0.2) is 35.7 Å². The quantitative estimate of drug-likeness (QED) is 0.542. The zero-order valence-electron chi connectivity index (χ0n) is 13.8. The molecular formula is C18H25N3O2. The second kappa shape index (κ2) is 9.10. The largest absolute Gasteiger partial charge is 0.375 e. The zero-order valence-corrected chi connectivity index (χ0v) is 13.8. The van der Waals surface area contributed by atoms with E-state index in [0.29, 0.717) is 6.54 Å². The Morgan fingerprint density at radius 3 is 2.96 bits per heavy atom. The number of carbonyl (C=O) groups excluding carboxylic acids is 1.